The van der Waals surface area contributed by atoms with Gasteiger partial charge in [0.2, 0.25) is 0 Å². The maximum atomic E-state index is 10.1. The number of hydrogen-bond donors (Lipinski definition) is 2. The van der Waals surface area contributed by atoms with Crippen molar-refractivity contribution in [2.24, 2.45) is 5.73 Å². The van der Waals surface area contributed by atoms with Crippen molar-refractivity contribution in [2.45, 2.75) is 66.5 Å². The van der Waals surface area contributed by atoms with Gasteiger partial charge in [0.25, 0.3) is 0 Å². The van der Waals surface area contributed by atoms with E-state index in [0.717, 1.165) is 18.4 Å². The van der Waals surface area contributed by atoms with Crippen molar-refractivity contribution < 1.29 is 5.11 Å². The Morgan fingerprint density at radius 1 is 0.889 bits per heavy atom. The van der Waals surface area contributed by atoms with Gasteiger partial charge < -0.3 is 10.8 Å². The first-order valence-electron chi connectivity index (χ1n) is 6.83. The minimum absolute atomic E-state index is 0.275. The van der Waals surface area contributed by atoms with E-state index in [-0.39, 0.29) is 6.04 Å². The minimum Gasteiger partial charge on any atom is -0.391 e. The van der Waals surface area contributed by atoms with E-state index >= 15 is 0 Å². The molecule has 0 aliphatic heterocycles. The molecule has 0 aliphatic rings. The zero-order valence-electron chi connectivity index (χ0n) is 12.6. The second kappa shape index (κ2) is 5.85. The molecule has 2 atom stereocenters. The highest BCUT2D eigenvalue weighted by molar-refractivity contribution is 5.50. The molecule has 0 amide bonds. The lowest BCUT2D eigenvalue weighted by Gasteiger charge is -2.26. The fourth-order valence-corrected chi connectivity index (χ4v) is 2.70. The van der Waals surface area contributed by atoms with Crippen LogP contribution in [0.1, 0.15) is 59.2 Å². The van der Waals surface area contributed by atoms with Crippen molar-refractivity contribution >= 4 is 0 Å². The second-order valence-corrected chi connectivity index (χ2v) is 5.42. The zero-order chi connectivity index (χ0) is 14.0. The van der Waals surface area contributed by atoms with Gasteiger partial charge in [0.1, 0.15) is 0 Å². The van der Waals surface area contributed by atoms with Gasteiger partial charge >= 0.3 is 0 Å². The Morgan fingerprint density at radius 2 is 1.28 bits per heavy atom. The predicted octanol–water partition coefficient (Wildman–Crippen LogP) is 3.39. The molecule has 0 aliphatic carbocycles. The van der Waals surface area contributed by atoms with Crippen LogP contribution < -0.4 is 5.73 Å². The topological polar surface area (TPSA) is 46.2 Å². The number of nitrogens with two attached hydrogens (primary N) is 1. The lowest BCUT2D eigenvalue weighted by Crippen LogP contribution is -2.28. The Bertz CT molecular complexity index is 408. The van der Waals surface area contributed by atoms with Crippen LogP contribution in [-0.4, -0.2) is 11.2 Å². The summed E-state index contributed by atoms with van der Waals surface area (Å²) in [6, 6.07) is -0.275. The van der Waals surface area contributed by atoms with Crippen molar-refractivity contribution in [1.82, 2.24) is 0 Å². The van der Waals surface area contributed by atoms with Crippen molar-refractivity contribution in [3.63, 3.8) is 0 Å². The van der Waals surface area contributed by atoms with Crippen molar-refractivity contribution in [3.05, 3.63) is 33.4 Å². The summed E-state index contributed by atoms with van der Waals surface area (Å²) in [6.07, 6.45) is 1.26. The molecule has 3 N–H and O–H groups in total. The molecule has 1 rings (SSSR count). The van der Waals surface area contributed by atoms with Gasteiger partial charge in [0.05, 0.1) is 12.1 Å². The molecule has 0 radical (unpaired) electrons. The molecule has 1 aromatic rings. The lowest BCUT2D eigenvalue weighted by atomic mass is 9.84. The Labute approximate surface area is 111 Å². The van der Waals surface area contributed by atoms with Crippen LogP contribution in [0.3, 0.4) is 0 Å². The Hall–Kier alpha value is -0.860. The average Bonchev–Trinajstić information content (AvgIpc) is 2.34. The van der Waals surface area contributed by atoms with Gasteiger partial charge in [0.15, 0.2) is 0 Å². The fourth-order valence-electron chi connectivity index (χ4n) is 2.70. The third kappa shape index (κ3) is 2.60. The third-order valence-corrected chi connectivity index (χ3v) is 4.39. The molecular formula is C16H27NO. The van der Waals surface area contributed by atoms with Crippen LogP contribution in [0, 0.1) is 34.6 Å². The zero-order valence-corrected chi connectivity index (χ0v) is 12.6. The van der Waals surface area contributed by atoms with Crippen LogP contribution in [0.15, 0.2) is 0 Å². The van der Waals surface area contributed by atoms with E-state index in [1.54, 1.807) is 0 Å². The van der Waals surface area contributed by atoms with E-state index < -0.39 is 6.10 Å². The monoisotopic (exact) mass is 249 g/mol. The predicted molar refractivity (Wildman–Crippen MR) is 78.0 cm³/mol. The highest BCUT2D eigenvalue weighted by Crippen LogP contribution is 2.31. The number of aliphatic hydroxyl groups is 1. The van der Waals surface area contributed by atoms with Gasteiger partial charge in [-0.05, 0) is 74.4 Å². The van der Waals surface area contributed by atoms with Crippen molar-refractivity contribution in [2.75, 3.05) is 0 Å². The second-order valence-electron chi connectivity index (χ2n) is 5.42. The first-order chi connectivity index (χ1) is 8.32. The molecule has 0 heterocycles. The first-order valence-corrected chi connectivity index (χ1v) is 6.83. The molecule has 0 fully saturated rings. The molecule has 0 saturated heterocycles. The number of rotatable bonds is 4. The van der Waals surface area contributed by atoms with E-state index in [4.69, 9.17) is 5.73 Å². The molecule has 0 unspecified atom stereocenters. The highest BCUT2D eigenvalue weighted by atomic mass is 16.3. The summed E-state index contributed by atoms with van der Waals surface area (Å²) in [5.74, 6) is 0. The summed E-state index contributed by atoms with van der Waals surface area (Å²) in [7, 11) is 0. The Balaban J connectivity index is 3.32. The van der Waals surface area contributed by atoms with Crippen LogP contribution in [-0.2, 0) is 0 Å². The molecule has 102 valence electrons. The summed E-state index contributed by atoms with van der Waals surface area (Å²) in [5.41, 5.74) is 13.8. The van der Waals surface area contributed by atoms with Crippen LogP contribution >= 0.6 is 0 Å². The molecule has 18 heavy (non-hydrogen) atoms. The van der Waals surface area contributed by atoms with Crippen LogP contribution in [0.25, 0.3) is 0 Å². The largest absolute Gasteiger partial charge is 0.391 e. The summed E-state index contributed by atoms with van der Waals surface area (Å²) in [4.78, 5) is 0. The van der Waals surface area contributed by atoms with Crippen LogP contribution in [0.2, 0.25) is 0 Å². The van der Waals surface area contributed by atoms with Gasteiger partial charge in [-0.15, -0.1) is 0 Å². The fraction of sp³-hybridized carbons (Fsp3) is 0.625. The standard InChI is InChI=1S/C16H27NO/c1-7-8-14(18)16(17)15-12(5)10(3)9(2)11(4)13(15)6/h14,16,18H,7-8,17H2,1-6H3/t14-,16-/m1/s1. The highest BCUT2D eigenvalue weighted by Gasteiger charge is 2.22. The molecule has 0 spiro atoms. The molecule has 2 nitrogen and oxygen atoms in total. The number of hydrogen-bond acceptors (Lipinski definition) is 2. The lowest BCUT2D eigenvalue weighted by molar-refractivity contribution is 0.134. The van der Waals surface area contributed by atoms with Gasteiger partial charge in [0, 0.05) is 0 Å². The molecule has 2 heteroatoms. The first kappa shape index (κ1) is 15.2. The van der Waals surface area contributed by atoms with Crippen LogP contribution in [0.4, 0.5) is 0 Å². The van der Waals surface area contributed by atoms with Crippen molar-refractivity contribution in [1.29, 1.82) is 0 Å². The van der Waals surface area contributed by atoms with E-state index in [1.807, 2.05) is 0 Å². The van der Waals surface area contributed by atoms with E-state index in [1.165, 1.54) is 27.8 Å². The van der Waals surface area contributed by atoms with Gasteiger partial charge in [-0.2, -0.15) is 0 Å². The Morgan fingerprint density at radius 3 is 1.67 bits per heavy atom. The summed E-state index contributed by atoms with van der Waals surface area (Å²) < 4.78 is 0. The molecule has 0 bridgehead atoms. The maximum absolute atomic E-state index is 10.1. The van der Waals surface area contributed by atoms with E-state index in [2.05, 4.69) is 41.5 Å². The van der Waals surface area contributed by atoms with Gasteiger partial charge in [-0.1, -0.05) is 13.3 Å². The van der Waals surface area contributed by atoms with E-state index in [0.29, 0.717) is 0 Å². The smallest absolute Gasteiger partial charge is 0.0732 e. The maximum Gasteiger partial charge on any atom is 0.0732 e. The summed E-state index contributed by atoms with van der Waals surface area (Å²) in [6.45, 7) is 12.7. The number of aliphatic hydroxyl groups excluding tert-OH is 1. The Kier molecular flexibility index (Phi) is 4.94. The SMILES string of the molecule is CCC[C@@H](O)[C@@H](N)c1c(C)c(C)c(C)c(C)c1C. The average molecular weight is 249 g/mol. The third-order valence-electron chi connectivity index (χ3n) is 4.39. The summed E-state index contributed by atoms with van der Waals surface area (Å²) in [5, 5.41) is 10.1. The van der Waals surface area contributed by atoms with Gasteiger partial charge in [-0.3, -0.25) is 0 Å². The molecular weight excluding hydrogens is 222 g/mol. The minimum atomic E-state index is -0.450. The normalized spacial score (nSPS) is 14.7. The van der Waals surface area contributed by atoms with Gasteiger partial charge in [-0.25, -0.2) is 0 Å². The quantitative estimate of drug-likeness (QED) is 0.859. The number of benzene rings is 1. The van der Waals surface area contributed by atoms with Crippen LogP contribution in [0.5, 0.6) is 0 Å². The molecule has 0 saturated carbocycles. The molecule has 1 aromatic carbocycles. The van der Waals surface area contributed by atoms with Crippen molar-refractivity contribution in [3.8, 4) is 0 Å². The molecule has 0 aromatic heterocycles. The van der Waals surface area contributed by atoms with E-state index in [9.17, 15) is 5.11 Å². The summed E-state index contributed by atoms with van der Waals surface area (Å²) >= 11 is 0.